The van der Waals surface area contributed by atoms with E-state index in [4.69, 9.17) is 5.11 Å². The Hall–Kier alpha value is -1.06. The van der Waals surface area contributed by atoms with E-state index in [-0.39, 0.29) is 17.4 Å². The van der Waals surface area contributed by atoms with Crippen molar-refractivity contribution in [2.45, 2.75) is 46.1 Å². The van der Waals surface area contributed by atoms with Gasteiger partial charge in [-0.2, -0.15) is 0 Å². The van der Waals surface area contributed by atoms with Gasteiger partial charge in [-0.05, 0) is 39.5 Å². The van der Waals surface area contributed by atoms with Crippen molar-refractivity contribution in [1.29, 1.82) is 0 Å². The molecule has 16 heavy (non-hydrogen) atoms. The van der Waals surface area contributed by atoms with Crippen molar-refractivity contribution < 1.29 is 14.7 Å². The Kier molecular flexibility index (Phi) is 3.61. The minimum atomic E-state index is -0.849. The summed E-state index contributed by atoms with van der Waals surface area (Å²) in [6.07, 6.45) is 1.29. The van der Waals surface area contributed by atoms with E-state index in [1.807, 2.05) is 27.7 Å². The Morgan fingerprint density at radius 2 is 1.69 bits per heavy atom. The molecule has 0 aromatic carbocycles. The molecule has 0 aromatic rings. The van der Waals surface area contributed by atoms with Gasteiger partial charge in [0.1, 0.15) is 0 Å². The maximum atomic E-state index is 11.9. The van der Waals surface area contributed by atoms with Crippen molar-refractivity contribution >= 4 is 11.9 Å². The summed E-state index contributed by atoms with van der Waals surface area (Å²) in [5.41, 5.74) is -0.300. The van der Waals surface area contributed by atoms with E-state index in [9.17, 15) is 9.59 Å². The molecule has 3 atom stereocenters. The van der Waals surface area contributed by atoms with Gasteiger partial charge >= 0.3 is 5.97 Å². The van der Waals surface area contributed by atoms with E-state index >= 15 is 0 Å². The third-order valence-corrected chi connectivity index (χ3v) is 2.95. The predicted molar refractivity (Wildman–Crippen MR) is 60.9 cm³/mol. The van der Waals surface area contributed by atoms with Gasteiger partial charge in [0.05, 0.1) is 11.8 Å². The van der Waals surface area contributed by atoms with Crippen LogP contribution in [0, 0.1) is 17.8 Å². The van der Waals surface area contributed by atoms with E-state index in [2.05, 4.69) is 5.32 Å². The molecule has 1 amide bonds. The van der Waals surface area contributed by atoms with Crippen molar-refractivity contribution in [3.63, 3.8) is 0 Å². The van der Waals surface area contributed by atoms with Crippen molar-refractivity contribution in [3.8, 4) is 0 Å². The lowest BCUT2D eigenvalue weighted by Crippen LogP contribution is -2.45. The third kappa shape index (κ3) is 3.22. The number of carbonyl (C=O) groups excluding carboxylic acids is 1. The fourth-order valence-corrected chi connectivity index (χ4v) is 2.32. The maximum absolute atomic E-state index is 11.9. The largest absolute Gasteiger partial charge is 0.481 e. The standard InChI is InChI=1S/C12H21NO3/c1-7-5-8(9(6-7)11(15)16)10(14)13-12(2,3)4/h7-9H,5-6H2,1-4H3,(H,13,14)(H,15,16). The first kappa shape index (κ1) is 13.0. The molecular formula is C12H21NO3. The second-order valence-electron chi connectivity index (χ2n) is 5.87. The summed E-state index contributed by atoms with van der Waals surface area (Å²) in [5, 5.41) is 11.9. The van der Waals surface area contributed by atoms with Gasteiger partial charge in [0.15, 0.2) is 0 Å². The van der Waals surface area contributed by atoms with Crippen molar-refractivity contribution in [1.82, 2.24) is 5.32 Å². The number of carboxylic acid groups (broad SMARTS) is 1. The number of rotatable bonds is 2. The van der Waals surface area contributed by atoms with Crippen LogP contribution in [0.1, 0.15) is 40.5 Å². The van der Waals surface area contributed by atoms with E-state index < -0.39 is 11.9 Å². The molecule has 0 aromatic heterocycles. The molecule has 4 heteroatoms. The van der Waals surface area contributed by atoms with Gasteiger partial charge < -0.3 is 10.4 Å². The molecule has 4 nitrogen and oxygen atoms in total. The minimum Gasteiger partial charge on any atom is -0.481 e. The van der Waals surface area contributed by atoms with E-state index in [1.165, 1.54) is 0 Å². The van der Waals surface area contributed by atoms with Crippen LogP contribution in [-0.2, 0) is 9.59 Å². The molecule has 0 bridgehead atoms. The first-order valence-corrected chi connectivity index (χ1v) is 5.75. The lowest BCUT2D eigenvalue weighted by molar-refractivity contribution is -0.146. The highest BCUT2D eigenvalue weighted by Gasteiger charge is 2.41. The fourth-order valence-electron chi connectivity index (χ4n) is 2.32. The zero-order valence-electron chi connectivity index (χ0n) is 10.4. The van der Waals surface area contributed by atoms with Gasteiger partial charge in [0.25, 0.3) is 0 Å². The Morgan fingerprint density at radius 1 is 1.19 bits per heavy atom. The quantitative estimate of drug-likeness (QED) is 0.753. The maximum Gasteiger partial charge on any atom is 0.307 e. The Bertz CT molecular complexity index is 293. The molecule has 1 fully saturated rings. The van der Waals surface area contributed by atoms with Gasteiger partial charge in [0, 0.05) is 5.54 Å². The number of aliphatic carboxylic acids is 1. The Balaban J connectivity index is 2.71. The number of hydrogen-bond acceptors (Lipinski definition) is 2. The zero-order valence-corrected chi connectivity index (χ0v) is 10.4. The van der Waals surface area contributed by atoms with Crippen LogP contribution in [0.3, 0.4) is 0 Å². The van der Waals surface area contributed by atoms with Gasteiger partial charge in [-0.3, -0.25) is 9.59 Å². The molecule has 1 aliphatic carbocycles. The summed E-state index contributed by atoms with van der Waals surface area (Å²) in [4.78, 5) is 23.0. The van der Waals surface area contributed by atoms with Crippen LogP contribution in [0.15, 0.2) is 0 Å². The van der Waals surface area contributed by atoms with Crippen LogP contribution >= 0.6 is 0 Å². The van der Waals surface area contributed by atoms with Crippen LogP contribution in [0.25, 0.3) is 0 Å². The van der Waals surface area contributed by atoms with Crippen molar-refractivity contribution in [2.75, 3.05) is 0 Å². The normalized spacial score (nSPS) is 30.1. The fraction of sp³-hybridized carbons (Fsp3) is 0.833. The number of hydrogen-bond donors (Lipinski definition) is 2. The monoisotopic (exact) mass is 227 g/mol. The molecule has 0 heterocycles. The summed E-state index contributed by atoms with van der Waals surface area (Å²) in [7, 11) is 0. The molecule has 0 aliphatic heterocycles. The second-order valence-corrected chi connectivity index (χ2v) is 5.87. The lowest BCUT2D eigenvalue weighted by Gasteiger charge is -2.24. The summed E-state index contributed by atoms with van der Waals surface area (Å²) in [5.74, 6) is -1.54. The van der Waals surface area contributed by atoms with Crippen molar-refractivity contribution in [2.24, 2.45) is 17.8 Å². The highest BCUT2D eigenvalue weighted by atomic mass is 16.4. The smallest absolute Gasteiger partial charge is 0.307 e. The van der Waals surface area contributed by atoms with Crippen LogP contribution < -0.4 is 5.32 Å². The van der Waals surface area contributed by atoms with Gasteiger partial charge in [-0.15, -0.1) is 0 Å². The summed E-state index contributed by atoms with van der Waals surface area (Å²) >= 11 is 0. The van der Waals surface area contributed by atoms with Crippen LogP contribution in [0.2, 0.25) is 0 Å². The minimum absolute atomic E-state index is 0.121. The predicted octanol–water partition coefficient (Wildman–Crippen LogP) is 1.65. The van der Waals surface area contributed by atoms with Crippen LogP contribution in [-0.4, -0.2) is 22.5 Å². The number of carboxylic acids is 1. The first-order valence-electron chi connectivity index (χ1n) is 5.75. The van der Waals surface area contributed by atoms with Crippen LogP contribution in [0.4, 0.5) is 0 Å². The van der Waals surface area contributed by atoms with Gasteiger partial charge in [-0.25, -0.2) is 0 Å². The molecule has 1 rings (SSSR count). The molecular weight excluding hydrogens is 206 g/mol. The van der Waals surface area contributed by atoms with E-state index in [1.54, 1.807) is 0 Å². The molecule has 3 unspecified atom stereocenters. The highest BCUT2D eigenvalue weighted by Crippen LogP contribution is 2.36. The average Bonchev–Trinajstić information content (AvgIpc) is 2.44. The summed E-state index contributed by atoms with van der Waals surface area (Å²) in [6.45, 7) is 7.71. The molecule has 2 N–H and O–H groups in total. The zero-order chi connectivity index (χ0) is 12.5. The Labute approximate surface area is 96.4 Å². The lowest BCUT2D eigenvalue weighted by atomic mass is 9.94. The molecule has 0 saturated heterocycles. The Morgan fingerprint density at radius 3 is 2.12 bits per heavy atom. The topological polar surface area (TPSA) is 66.4 Å². The van der Waals surface area contributed by atoms with Crippen molar-refractivity contribution in [3.05, 3.63) is 0 Å². The second kappa shape index (κ2) is 4.44. The molecule has 0 spiro atoms. The molecule has 1 aliphatic rings. The molecule has 0 radical (unpaired) electrons. The number of carbonyl (C=O) groups is 2. The van der Waals surface area contributed by atoms with Gasteiger partial charge in [-0.1, -0.05) is 6.92 Å². The molecule has 1 saturated carbocycles. The summed E-state index contributed by atoms with van der Waals surface area (Å²) in [6, 6.07) is 0. The summed E-state index contributed by atoms with van der Waals surface area (Å²) < 4.78 is 0. The molecule has 92 valence electrons. The number of amides is 1. The highest BCUT2D eigenvalue weighted by molar-refractivity contribution is 5.85. The van der Waals surface area contributed by atoms with E-state index in [0.717, 1.165) is 0 Å². The average molecular weight is 227 g/mol. The van der Waals surface area contributed by atoms with E-state index in [0.29, 0.717) is 18.8 Å². The number of nitrogens with one attached hydrogen (secondary N) is 1. The SMILES string of the molecule is CC1CC(C(=O)O)C(C(=O)NC(C)(C)C)C1. The van der Waals surface area contributed by atoms with Gasteiger partial charge in [0.2, 0.25) is 5.91 Å². The first-order chi connectivity index (χ1) is 7.20. The third-order valence-electron chi connectivity index (χ3n) is 2.95. The van der Waals surface area contributed by atoms with Crippen LogP contribution in [0.5, 0.6) is 0 Å².